The van der Waals surface area contributed by atoms with Gasteiger partial charge in [0.1, 0.15) is 0 Å². The van der Waals surface area contributed by atoms with Crippen molar-refractivity contribution >= 4 is 22.8 Å². The molecule has 0 aliphatic carbocycles. The first kappa shape index (κ1) is 19.9. The highest BCUT2D eigenvalue weighted by Crippen LogP contribution is 2.29. The molecule has 1 unspecified atom stereocenters. The maximum Gasteiger partial charge on any atom is 0.449 e. The molecule has 1 saturated heterocycles. The summed E-state index contributed by atoms with van der Waals surface area (Å²) in [6, 6.07) is 4.19. The molecule has 8 nitrogen and oxygen atoms in total. The van der Waals surface area contributed by atoms with Crippen LogP contribution in [0.15, 0.2) is 36.9 Å². The van der Waals surface area contributed by atoms with Gasteiger partial charge in [0.05, 0.1) is 23.3 Å². The van der Waals surface area contributed by atoms with E-state index in [0.29, 0.717) is 26.1 Å². The summed E-state index contributed by atoms with van der Waals surface area (Å²) >= 11 is 0. The lowest BCUT2D eigenvalue weighted by Gasteiger charge is -2.16. The van der Waals surface area contributed by atoms with E-state index in [0.717, 1.165) is 0 Å². The van der Waals surface area contributed by atoms with E-state index < -0.39 is 12.0 Å². The van der Waals surface area contributed by atoms with E-state index in [1.165, 1.54) is 18.2 Å². The zero-order valence-electron chi connectivity index (χ0n) is 15.8. The molecule has 11 heteroatoms. The molecule has 2 aromatic heterocycles. The van der Waals surface area contributed by atoms with E-state index in [4.69, 9.17) is 0 Å². The minimum absolute atomic E-state index is 0.121. The number of hydrogen-bond acceptors (Lipinski definition) is 4. The SMILES string of the molecule is O=C(NCCn1ccnc1)C1CCN(C(=O)c2ccc3nc(C(F)(F)F)[nH]c3c2)C1. The van der Waals surface area contributed by atoms with Crippen LogP contribution < -0.4 is 5.32 Å². The van der Waals surface area contributed by atoms with E-state index in [-0.39, 0.29) is 40.9 Å². The fraction of sp³-hybridized carbons (Fsp3) is 0.368. The van der Waals surface area contributed by atoms with Crippen LogP contribution in [0.2, 0.25) is 0 Å². The number of carbonyl (C=O) groups excluding carboxylic acids is 2. The van der Waals surface area contributed by atoms with Crippen LogP contribution in [-0.2, 0) is 17.5 Å². The van der Waals surface area contributed by atoms with E-state index in [1.54, 1.807) is 23.6 Å². The molecule has 1 atom stereocenters. The molecule has 1 fully saturated rings. The Balaban J connectivity index is 1.36. The highest BCUT2D eigenvalue weighted by Gasteiger charge is 2.35. The number of hydrogen-bond donors (Lipinski definition) is 2. The predicted octanol–water partition coefficient (Wildman–Crippen LogP) is 2.06. The van der Waals surface area contributed by atoms with E-state index >= 15 is 0 Å². The predicted molar refractivity (Wildman–Crippen MR) is 100 cm³/mol. The molecule has 3 aromatic rings. The van der Waals surface area contributed by atoms with Gasteiger partial charge in [0.2, 0.25) is 11.7 Å². The quantitative estimate of drug-likeness (QED) is 0.661. The molecule has 1 aliphatic rings. The summed E-state index contributed by atoms with van der Waals surface area (Å²) in [7, 11) is 0. The Morgan fingerprint density at radius 2 is 2.13 bits per heavy atom. The lowest BCUT2D eigenvalue weighted by atomic mass is 10.1. The molecule has 2 N–H and O–H groups in total. The van der Waals surface area contributed by atoms with Gasteiger partial charge in [0.15, 0.2) is 0 Å². The van der Waals surface area contributed by atoms with Crippen molar-refractivity contribution in [2.24, 2.45) is 5.92 Å². The third kappa shape index (κ3) is 4.14. The van der Waals surface area contributed by atoms with Crippen molar-refractivity contribution in [2.75, 3.05) is 19.6 Å². The lowest BCUT2D eigenvalue weighted by molar-refractivity contribution is -0.144. The molecule has 1 aliphatic heterocycles. The summed E-state index contributed by atoms with van der Waals surface area (Å²) in [6.45, 7) is 1.74. The van der Waals surface area contributed by atoms with Crippen LogP contribution in [-0.4, -0.2) is 55.9 Å². The number of carbonyl (C=O) groups is 2. The molecular weight excluding hydrogens is 401 g/mol. The Morgan fingerprint density at radius 1 is 1.30 bits per heavy atom. The normalized spacial score (nSPS) is 16.9. The van der Waals surface area contributed by atoms with Crippen molar-refractivity contribution in [3.63, 3.8) is 0 Å². The number of likely N-dealkylation sites (tertiary alicyclic amines) is 1. The van der Waals surface area contributed by atoms with Gasteiger partial charge in [0.25, 0.3) is 5.91 Å². The minimum Gasteiger partial charge on any atom is -0.354 e. The highest BCUT2D eigenvalue weighted by molar-refractivity contribution is 5.98. The molecule has 158 valence electrons. The van der Waals surface area contributed by atoms with Crippen LogP contribution in [0.3, 0.4) is 0 Å². The number of nitrogens with zero attached hydrogens (tertiary/aromatic N) is 4. The Kier molecular flexibility index (Phi) is 5.18. The van der Waals surface area contributed by atoms with Gasteiger partial charge in [-0.3, -0.25) is 9.59 Å². The maximum absolute atomic E-state index is 12.8. The van der Waals surface area contributed by atoms with Crippen LogP contribution in [0.5, 0.6) is 0 Å². The summed E-state index contributed by atoms with van der Waals surface area (Å²) in [5.41, 5.74) is 0.526. The number of rotatable bonds is 5. The standard InChI is InChI=1S/C19H19F3N6O2/c20-19(21,22)18-25-14-2-1-12(9-15(14)26-18)17(30)28-6-3-13(10-28)16(29)24-5-8-27-7-4-23-11-27/h1-2,4,7,9,11,13H,3,5-6,8,10H2,(H,24,29)(H,25,26). The van der Waals surface area contributed by atoms with Crippen molar-refractivity contribution in [3.8, 4) is 0 Å². The molecule has 2 amide bonds. The number of nitrogens with one attached hydrogen (secondary N) is 2. The second-order valence-corrected chi connectivity index (χ2v) is 7.14. The summed E-state index contributed by atoms with van der Waals surface area (Å²) in [5, 5.41) is 2.86. The Morgan fingerprint density at radius 3 is 2.87 bits per heavy atom. The number of alkyl halides is 3. The summed E-state index contributed by atoms with van der Waals surface area (Å²) in [4.78, 5) is 36.3. The smallest absolute Gasteiger partial charge is 0.354 e. The number of benzene rings is 1. The second-order valence-electron chi connectivity index (χ2n) is 7.14. The number of imidazole rings is 2. The third-order valence-corrected chi connectivity index (χ3v) is 5.07. The first-order valence-electron chi connectivity index (χ1n) is 9.41. The third-order valence-electron chi connectivity index (χ3n) is 5.07. The zero-order chi connectivity index (χ0) is 21.3. The van der Waals surface area contributed by atoms with Gasteiger partial charge in [-0.1, -0.05) is 0 Å². The molecule has 0 radical (unpaired) electrons. The van der Waals surface area contributed by atoms with E-state index in [2.05, 4.69) is 20.3 Å². The second kappa shape index (κ2) is 7.81. The van der Waals surface area contributed by atoms with Crippen LogP contribution in [0.1, 0.15) is 22.6 Å². The fourth-order valence-electron chi connectivity index (χ4n) is 3.49. The molecular formula is C19H19F3N6O2. The van der Waals surface area contributed by atoms with Gasteiger partial charge in [-0.15, -0.1) is 0 Å². The lowest BCUT2D eigenvalue weighted by Crippen LogP contribution is -2.36. The summed E-state index contributed by atoms with van der Waals surface area (Å²) in [6.07, 6.45) is 1.07. The Bertz CT molecular complexity index is 1060. The fourth-order valence-corrected chi connectivity index (χ4v) is 3.49. The largest absolute Gasteiger partial charge is 0.449 e. The van der Waals surface area contributed by atoms with Gasteiger partial charge in [-0.05, 0) is 24.6 Å². The van der Waals surface area contributed by atoms with Crippen LogP contribution >= 0.6 is 0 Å². The first-order valence-corrected chi connectivity index (χ1v) is 9.41. The van der Waals surface area contributed by atoms with Gasteiger partial charge >= 0.3 is 6.18 Å². The summed E-state index contributed by atoms with van der Waals surface area (Å²) in [5.74, 6) is -1.86. The average molecular weight is 420 g/mol. The van der Waals surface area contributed by atoms with Gasteiger partial charge in [-0.25, -0.2) is 9.97 Å². The van der Waals surface area contributed by atoms with Crippen molar-refractivity contribution in [1.82, 2.24) is 29.7 Å². The first-order chi connectivity index (χ1) is 14.3. The van der Waals surface area contributed by atoms with Crippen LogP contribution in [0, 0.1) is 5.92 Å². The molecule has 3 heterocycles. The topological polar surface area (TPSA) is 95.9 Å². The van der Waals surface area contributed by atoms with Crippen molar-refractivity contribution in [2.45, 2.75) is 19.1 Å². The average Bonchev–Trinajstić information content (AvgIpc) is 3.45. The molecule has 0 saturated carbocycles. The molecule has 0 bridgehead atoms. The molecule has 4 rings (SSSR count). The van der Waals surface area contributed by atoms with Crippen LogP contribution in [0.4, 0.5) is 13.2 Å². The Hall–Kier alpha value is -3.37. The highest BCUT2D eigenvalue weighted by atomic mass is 19.4. The van der Waals surface area contributed by atoms with E-state index in [1.807, 2.05) is 4.57 Å². The minimum atomic E-state index is -4.59. The number of aromatic amines is 1. The number of fused-ring (bicyclic) bond motifs is 1. The monoisotopic (exact) mass is 420 g/mol. The number of halogens is 3. The number of aromatic nitrogens is 4. The van der Waals surface area contributed by atoms with Gasteiger partial charge in [-0.2, -0.15) is 13.2 Å². The summed E-state index contributed by atoms with van der Waals surface area (Å²) < 4.78 is 40.3. The molecule has 30 heavy (non-hydrogen) atoms. The van der Waals surface area contributed by atoms with Crippen molar-refractivity contribution in [1.29, 1.82) is 0 Å². The van der Waals surface area contributed by atoms with Crippen LogP contribution in [0.25, 0.3) is 11.0 Å². The van der Waals surface area contributed by atoms with Gasteiger partial charge in [0, 0.05) is 44.1 Å². The Labute approximate surface area is 169 Å². The van der Waals surface area contributed by atoms with Gasteiger partial charge < -0.3 is 19.8 Å². The maximum atomic E-state index is 12.8. The molecule has 1 aromatic carbocycles. The number of amides is 2. The zero-order valence-corrected chi connectivity index (χ0v) is 15.8. The van der Waals surface area contributed by atoms with E-state index in [9.17, 15) is 22.8 Å². The van der Waals surface area contributed by atoms with Crippen molar-refractivity contribution in [3.05, 3.63) is 48.3 Å². The van der Waals surface area contributed by atoms with Crippen molar-refractivity contribution < 1.29 is 22.8 Å². The number of H-pyrrole nitrogens is 1. The molecule has 0 spiro atoms.